The Kier molecular flexibility index (Phi) is 5.14. The van der Waals surface area contributed by atoms with E-state index in [0.29, 0.717) is 11.0 Å². The second-order valence-corrected chi connectivity index (χ2v) is 8.27. The van der Waals surface area contributed by atoms with Crippen LogP contribution in [0.25, 0.3) is 0 Å². The number of hydrogen-bond donors (Lipinski definition) is 1. The average Bonchev–Trinajstić information content (AvgIpc) is 2.94. The quantitative estimate of drug-likeness (QED) is 0.817. The monoisotopic (exact) mass is 423 g/mol. The summed E-state index contributed by atoms with van der Waals surface area (Å²) in [7, 11) is 0. The molecule has 132 valence electrons. The minimum atomic E-state index is -0.545. The maximum absolute atomic E-state index is 11.8. The van der Waals surface area contributed by atoms with E-state index in [0.717, 1.165) is 21.5 Å². The molecular weight excluding hydrogens is 406 g/mol. The van der Waals surface area contributed by atoms with Crippen LogP contribution in [-0.2, 0) is 11.3 Å². The lowest BCUT2D eigenvalue weighted by Crippen LogP contribution is -2.32. The summed E-state index contributed by atoms with van der Waals surface area (Å²) in [6.45, 7) is 5.64. The Morgan fingerprint density at radius 3 is 2.72 bits per heavy atom. The van der Waals surface area contributed by atoms with Crippen molar-refractivity contribution in [3.8, 4) is 0 Å². The summed E-state index contributed by atoms with van der Waals surface area (Å²) in [5.41, 5.74) is 1.43. The SMILES string of the molecule is CC(C)(C)OC(=O)NCc1nnc2n1N=C(c1ccc(Br)cc1)CS2. The van der Waals surface area contributed by atoms with Gasteiger partial charge in [-0.2, -0.15) is 9.78 Å². The third-order valence-corrected chi connectivity index (χ3v) is 4.66. The lowest BCUT2D eigenvalue weighted by Gasteiger charge is -2.19. The summed E-state index contributed by atoms with van der Waals surface area (Å²) >= 11 is 5.00. The number of amides is 1. The topological polar surface area (TPSA) is 81.4 Å². The van der Waals surface area contributed by atoms with Crippen LogP contribution in [-0.4, -0.2) is 38.0 Å². The van der Waals surface area contributed by atoms with E-state index >= 15 is 0 Å². The molecule has 0 radical (unpaired) electrons. The van der Waals surface area contributed by atoms with Gasteiger partial charge < -0.3 is 10.1 Å². The molecule has 0 aliphatic carbocycles. The van der Waals surface area contributed by atoms with E-state index in [1.54, 1.807) is 16.4 Å². The van der Waals surface area contributed by atoms with Gasteiger partial charge in [0.1, 0.15) is 5.60 Å². The Balaban J connectivity index is 1.75. The van der Waals surface area contributed by atoms with Crippen molar-refractivity contribution in [1.29, 1.82) is 0 Å². The zero-order valence-corrected chi connectivity index (χ0v) is 16.5. The van der Waals surface area contributed by atoms with Crippen molar-refractivity contribution in [2.45, 2.75) is 38.1 Å². The minimum absolute atomic E-state index is 0.194. The van der Waals surface area contributed by atoms with Crippen LogP contribution in [0.4, 0.5) is 4.79 Å². The number of aromatic nitrogens is 3. The molecule has 25 heavy (non-hydrogen) atoms. The van der Waals surface area contributed by atoms with Gasteiger partial charge in [0, 0.05) is 10.2 Å². The Hall–Kier alpha value is -1.87. The molecule has 0 atom stereocenters. The van der Waals surface area contributed by atoms with Gasteiger partial charge in [0.25, 0.3) is 0 Å². The summed E-state index contributed by atoms with van der Waals surface area (Å²) in [5.74, 6) is 1.28. The molecule has 0 saturated carbocycles. The van der Waals surface area contributed by atoms with E-state index in [1.165, 1.54) is 0 Å². The molecule has 3 rings (SSSR count). The van der Waals surface area contributed by atoms with Gasteiger partial charge in [-0.3, -0.25) is 0 Å². The molecule has 9 heteroatoms. The van der Waals surface area contributed by atoms with Crippen LogP contribution in [0.2, 0.25) is 0 Å². The van der Waals surface area contributed by atoms with E-state index in [9.17, 15) is 4.79 Å². The molecule has 1 aliphatic heterocycles. The third-order valence-electron chi connectivity index (χ3n) is 3.20. The number of carbonyl (C=O) groups excluding carboxylic acids is 1. The van der Waals surface area contributed by atoms with Crippen molar-refractivity contribution in [2.24, 2.45) is 5.10 Å². The van der Waals surface area contributed by atoms with Crippen LogP contribution >= 0.6 is 27.7 Å². The largest absolute Gasteiger partial charge is 0.444 e. The Morgan fingerprint density at radius 1 is 1.32 bits per heavy atom. The zero-order chi connectivity index (χ0) is 18.0. The van der Waals surface area contributed by atoms with Crippen LogP contribution in [0, 0.1) is 0 Å². The van der Waals surface area contributed by atoms with Crippen molar-refractivity contribution in [3.05, 3.63) is 40.1 Å². The number of benzene rings is 1. The molecule has 0 unspecified atom stereocenters. The number of hydrogen-bond acceptors (Lipinski definition) is 6. The molecule has 0 spiro atoms. The van der Waals surface area contributed by atoms with Gasteiger partial charge in [-0.1, -0.05) is 39.8 Å². The summed E-state index contributed by atoms with van der Waals surface area (Å²) in [4.78, 5) is 11.8. The molecular formula is C16H18BrN5O2S. The summed E-state index contributed by atoms with van der Waals surface area (Å²) < 4.78 is 7.92. The van der Waals surface area contributed by atoms with Gasteiger partial charge in [0.05, 0.1) is 12.3 Å². The molecule has 2 heterocycles. The standard InChI is InChI=1S/C16H18BrN5O2S/c1-16(2,3)24-15(23)18-8-13-19-20-14-22(13)21-12(9-25-14)10-4-6-11(17)7-5-10/h4-7H,8-9H2,1-3H3,(H,18,23). The van der Waals surface area contributed by atoms with E-state index in [2.05, 4.69) is 36.5 Å². The molecule has 1 aliphatic rings. The molecule has 0 bridgehead atoms. The normalized spacial score (nSPS) is 13.8. The molecule has 0 fully saturated rings. The van der Waals surface area contributed by atoms with Gasteiger partial charge in [0.15, 0.2) is 5.82 Å². The van der Waals surface area contributed by atoms with Gasteiger partial charge in [0.2, 0.25) is 5.16 Å². The maximum Gasteiger partial charge on any atom is 0.408 e. The van der Waals surface area contributed by atoms with E-state index in [-0.39, 0.29) is 6.54 Å². The van der Waals surface area contributed by atoms with Crippen LogP contribution in [0.5, 0.6) is 0 Å². The number of carbonyl (C=O) groups is 1. The highest BCUT2D eigenvalue weighted by molar-refractivity contribution is 9.10. The summed E-state index contributed by atoms with van der Waals surface area (Å²) in [6.07, 6.45) is -0.495. The number of ether oxygens (including phenoxy) is 1. The van der Waals surface area contributed by atoms with Crippen LogP contribution in [0.15, 0.2) is 39.0 Å². The highest BCUT2D eigenvalue weighted by Crippen LogP contribution is 2.24. The molecule has 1 aromatic heterocycles. The Labute approximate surface area is 158 Å². The van der Waals surface area contributed by atoms with Crippen LogP contribution < -0.4 is 5.32 Å². The number of nitrogens with one attached hydrogen (secondary N) is 1. The highest BCUT2D eigenvalue weighted by atomic mass is 79.9. The van der Waals surface area contributed by atoms with E-state index in [4.69, 9.17) is 4.74 Å². The van der Waals surface area contributed by atoms with Crippen LogP contribution in [0.1, 0.15) is 32.2 Å². The zero-order valence-electron chi connectivity index (χ0n) is 14.1. The van der Waals surface area contributed by atoms with Gasteiger partial charge >= 0.3 is 6.09 Å². The van der Waals surface area contributed by atoms with Gasteiger partial charge in [-0.05, 0) is 38.5 Å². The Bertz CT molecular complexity index is 811. The molecule has 1 N–H and O–H groups in total. The van der Waals surface area contributed by atoms with Crippen molar-refractivity contribution < 1.29 is 9.53 Å². The van der Waals surface area contributed by atoms with E-state index in [1.807, 2.05) is 45.0 Å². The predicted molar refractivity (Wildman–Crippen MR) is 99.9 cm³/mol. The Morgan fingerprint density at radius 2 is 2.04 bits per heavy atom. The fourth-order valence-electron chi connectivity index (χ4n) is 2.13. The first kappa shape index (κ1) is 17.9. The molecule has 7 nitrogen and oxygen atoms in total. The van der Waals surface area contributed by atoms with Gasteiger partial charge in [-0.25, -0.2) is 4.79 Å². The van der Waals surface area contributed by atoms with Crippen molar-refractivity contribution >= 4 is 39.5 Å². The second-order valence-electron chi connectivity index (χ2n) is 6.41. The molecule has 1 amide bonds. The number of halogens is 1. The fourth-order valence-corrected chi connectivity index (χ4v) is 3.25. The summed E-state index contributed by atoms with van der Waals surface area (Å²) in [6, 6.07) is 7.99. The molecule has 1 aromatic carbocycles. The number of thioether (sulfide) groups is 1. The highest BCUT2D eigenvalue weighted by Gasteiger charge is 2.21. The number of alkyl carbamates (subject to hydrolysis) is 1. The minimum Gasteiger partial charge on any atom is -0.444 e. The first-order chi connectivity index (χ1) is 11.8. The first-order valence-electron chi connectivity index (χ1n) is 7.69. The van der Waals surface area contributed by atoms with Crippen molar-refractivity contribution in [3.63, 3.8) is 0 Å². The molecule has 2 aromatic rings. The second kappa shape index (κ2) is 7.17. The third kappa shape index (κ3) is 4.60. The van der Waals surface area contributed by atoms with Crippen molar-refractivity contribution in [1.82, 2.24) is 20.2 Å². The number of nitrogens with zero attached hydrogens (tertiary/aromatic N) is 4. The fraction of sp³-hybridized carbons (Fsp3) is 0.375. The first-order valence-corrected chi connectivity index (χ1v) is 9.47. The van der Waals surface area contributed by atoms with Gasteiger partial charge in [-0.15, -0.1) is 10.2 Å². The average molecular weight is 424 g/mol. The number of fused-ring (bicyclic) bond motifs is 1. The predicted octanol–water partition coefficient (Wildman–Crippen LogP) is 3.42. The lowest BCUT2D eigenvalue weighted by molar-refractivity contribution is 0.0521. The van der Waals surface area contributed by atoms with E-state index < -0.39 is 11.7 Å². The lowest BCUT2D eigenvalue weighted by atomic mass is 10.1. The summed E-state index contributed by atoms with van der Waals surface area (Å²) in [5, 5.41) is 16.3. The smallest absolute Gasteiger partial charge is 0.408 e. The van der Waals surface area contributed by atoms with Crippen LogP contribution in [0.3, 0.4) is 0 Å². The molecule has 0 saturated heterocycles. The number of rotatable bonds is 3. The maximum atomic E-state index is 11.8. The van der Waals surface area contributed by atoms with Crippen molar-refractivity contribution in [2.75, 3.05) is 5.75 Å².